The maximum absolute atomic E-state index is 13.1. The van der Waals surface area contributed by atoms with E-state index in [1.165, 1.54) is 25.1 Å². The van der Waals surface area contributed by atoms with Gasteiger partial charge in [0.15, 0.2) is 11.5 Å². The zero-order valence-electron chi connectivity index (χ0n) is 21.5. The molecule has 0 aliphatic heterocycles. The highest BCUT2D eigenvalue weighted by molar-refractivity contribution is 5.71. The van der Waals surface area contributed by atoms with Crippen molar-refractivity contribution >= 4 is 0 Å². The predicted molar refractivity (Wildman–Crippen MR) is 137 cm³/mol. The monoisotopic (exact) mass is 548 g/mol. The molecular weight excluding hydrogens is 525 g/mol. The molecule has 40 heavy (non-hydrogen) atoms. The number of aromatic amines is 1. The van der Waals surface area contributed by atoms with E-state index in [-0.39, 0.29) is 12.4 Å². The molecular formula is C27H23F3N8O2. The second kappa shape index (κ2) is 10.1. The van der Waals surface area contributed by atoms with Crippen LogP contribution in [0.2, 0.25) is 0 Å². The number of ether oxygens (including phenoxy) is 2. The first-order valence-corrected chi connectivity index (χ1v) is 12.4. The van der Waals surface area contributed by atoms with E-state index in [1.54, 1.807) is 42.9 Å². The number of hydrogen-bond donors (Lipinski definition) is 1. The van der Waals surface area contributed by atoms with Gasteiger partial charge in [-0.25, -0.2) is 19.9 Å². The van der Waals surface area contributed by atoms with Gasteiger partial charge in [0.2, 0.25) is 11.8 Å². The fraction of sp³-hybridized carbons (Fsp3) is 0.259. The molecule has 0 saturated heterocycles. The van der Waals surface area contributed by atoms with Crippen LogP contribution in [0.25, 0.3) is 33.9 Å². The van der Waals surface area contributed by atoms with E-state index in [2.05, 4.69) is 30.1 Å². The minimum Gasteiger partial charge on any atom is -0.480 e. The van der Waals surface area contributed by atoms with Crippen LogP contribution in [0, 0.1) is 0 Å². The summed E-state index contributed by atoms with van der Waals surface area (Å²) in [5.74, 6) is 1.61. The van der Waals surface area contributed by atoms with Crippen LogP contribution < -0.4 is 9.47 Å². The highest BCUT2D eigenvalue weighted by Crippen LogP contribution is 2.45. The number of H-pyrrole nitrogens is 1. The number of imidazole rings is 1. The van der Waals surface area contributed by atoms with Crippen LogP contribution in [0.15, 0.2) is 55.4 Å². The summed E-state index contributed by atoms with van der Waals surface area (Å²) in [6.45, 7) is 0.147. The number of nitrogens with zero attached hydrogens (tertiary/aromatic N) is 7. The fourth-order valence-electron chi connectivity index (χ4n) is 4.38. The first-order chi connectivity index (χ1) is 19.3. The van der Waals surface area contributed by atoms with Crippen molar-refractivity contribution in [1.29, 1.82) is 0 Å². The van der Waals surface area contributed by atoms with Gasteiger partial charge >= 0.3 is 6.18 Å². The van der Waals surface area contributed by atoms with Gasteiger partial charge in [0, 0.05) is 42.7 Å². The van der Waals surface area contributed by atoms with Crippen molar-refractivity contribution < 1.29 is 22.6 Å². The smallest absolute Gasteiger partial charge is 0.434 e. The lowest BCUT2D eigenvalue weighted by Gasteiger charge is -2.14. The standard InChI is InChI=1S/C27H23F3N8O2/c1-38-12-20(27(28,29)30)36-24(38)17-5-3-15(4-6-17)13-40-25-19(18-9-34-35-10-18)11-31-23(37-25)21-22(16-7-8-16)32-14-33-26(21)39-2/h3-6,9-12,14,16H,7-8,13H2,1-2H3,(H,34,35). The van der Waals surface area contributed by atoms with Crippen molar-refractivity contribution in [2.45, 2.75) is 31.5 Å². The molecule has 0 atom stereocenters. The minimum absolute atomic E-state index is 0.147. The van der Waals surface area contributed by atoms with E-state index in [9.17, 15) is 13.2 Å². The van der Waals surface area contributed by atoms with Gasteiger partial charge in [-0.05, 0) is 18.4 Å². The molecule has 1 aliphatic carbocycles. The first-order valence-electron chi connectivity index (χ1n) is 12.4. The zero-order chi connectivity index (χ0) is 27.9. The summed E-state index contributed by atoms with van der Waals surface area (Å²) in [6.07, 6.45) is 5.00. The normalized spacial score (nSPS) is 13.4. The third-order valence-corrected chi connectivity index (χ3v) is 6.54. The number of halogens is 3. The molecule has 1 fully saturated rings. The van der Waals surface area contributed by atoms with Crippen molar-refractivity contribution in [3.8, 4) is 45.7 Å². The number of rotatable bonds is 8. The Balaban J connectivity index is 1.30. The van der Waals surface area contributed by atoms with E-state index in [1.807, 2.05) is 0 Å². The van der Waals surface area contributed by atoms with Gasteiger partial charge in [-0.2, -0.15) is 23.3 Å². The molecule has 1 N–H and O–H groups in total. The summed E-state index contributed by atoms with van der Waals surface area (Å²) < 4.78 is 52.3. The number of methoxy groups -OCH3 is 1. The van der Waals surface area contributed by atoms with Gasteiger partial charge in [-0.3, -0.25) is 5.10 Å². The van der Waals surface area contributed by atoms with Gasteiger partial charge < -0.3 is 14.0 Å². The lowest BCUT2D eigenvalue weighted by Crippen LogP contribution is -2.05. The number of aromatic nitrogens is 8. The van der Waals surface area contributed by atoms with Crippen molar-refractivity contribution in [3.63, 3.8) is 0 Å². The Hall–Kier alpha value is -4.81. The fourth-order valence-corrected chi connectivity index (χ4v) is 4.38. The van der Waals surface area contributed by atoms with Gasteiger partial charge in [0.05, 0.1) is 24.6 Å². The zero-order valence-corrected chi connectivity index (χ0v) is 21.5. The Labute approximate surface area is 226 Å². The second-order valence-corrected chi connectivity index (χ2v) is 9.36. The summed E-state index contributed by atoms with van der Waals surface area (Å²) in [5.41, 5.74) is 3.24. The lowest BCUT2D eigenvalue weighted by atomic mass is 10.1. The highest BCUT2D eigenvalue weighted by atomic mass is 19.4. The number of benzene rings is 1. The summed E-state index contributed by atoms with van der Waals surface area (Å²) in [5, 5.41) is 6.80. The maximum Gasteiger partial charge on any atom is 0.434 e. The summed E-state index contributed by atoms with van der Waals surface area (Å²) >= 11 is 0. The van der Waals surface area contributed by atoms with Crippen LogP contribution in [0.4, 0.5) is 13.2 Å². The molecule has 1 saturated carbocycles. The molecule has 4 heterocycles. The molecule has 204 valence electrons. The SMILES string of the molecule is COc1ncnc(C2CC2)c1-c1ncc(-c2cn[nH]c2)c(OCc2ccc(-c3nc(C(F)(F)F)cn3C)cc2)n1. The van der Waals surface area contributed by atoms with E-state index >= 15 is 0 Å². The van der Waals surface area contributed by atoms with Gasteiger partial charge in [-0.1, -0.05) is 24.3 Å². The van der Waals surface area contributed by atoms with Crippen LogP contribution in [0.1, 0.15) is 35.7 Å². The lowest BCUT2D eigenvalue weighted by molar-refractivity contribution is -0.140. The number of alkyl halides is 3. The molecule has 13 heteroatoms. The van der Waals surface area contributed by atoms with Crippen LogP contribution in [0.3, 0.4) is 0 Å². The molecule has 0 radical (unpaired) electrons. The summed E-state index contributed by atoms with van der Waals surface area (Å²) in [7, 11) is 3.07. The second-order valence-electron chi connectivity index (χ2n) is 9.36. The van der Waals surface area contributed by atoms with Crippen molar-refractivity contribution in [2.24, 2.45) is 7.05 Å². The molecule has 6 rings (SSSR count). The Bertz CT molecular complexity index is 1650. The molecule has 0 amide bonds. The highest BCUT2D eigenvalue weighted by Gasteiger charge is 2.34. The average Bonchev–Trinajstić information content (AvgIpc) is 3.50. The molecule has 0 spiro atoms. The van der Waals surface area contributed by atoms with Gasteiger partial charge in [-0.15, -0.1) is 0 Å². The van der Waals surface area contributed by atoms with Crippen LogP contribution in [0.5, 0.6) is 11.8 Å². The van der Waals surface area contributed by atoms with Crippen molar-refractivity contribution in [2.75, 3.05) is 7.11 Å². The van der Waals surface area contributed by atoms with Gasteiger partial charge in [0.25, 0.3) is 0 Å². The quantitative estimate of drug-likeness (QED) is 0.281. The van der Waals surface area contributed by atoms with E-state index in [0.29, 0.717) is 40.2 Å². The van der Waals surface area contributed by atoms with Gasteiger partial charge in [0.1, 0.15) is 24.3 Å². The third-order valence-electron chi connectivity index (χ3n) is 6.54. The number of hydrogen-bond acceptors (Lipinski definition) is 8. The Kier molecular flexibility index (Phi) is 6.40. The third kappa shape index (κ3) is 4.97. The van der Waals surface area contributed by atoms with E-state index < -0.39 is 11.9 Å². The van der Waals surface area contributed by atoms with E-state index in [0.717, 1.165) is 35.9 Å². The topological polar surface area (TPSA) is 117 Å². The molecule has 0 unspecified atom stereocenters. The molecule has 1 aromatic carbocycles. The first kappa shape index (κ1) is 25.5. The van der Waals surface area contributed by atoms with Crippen LogP contribution in [-0.4, -0.2) is 46.8 Å². The molecule has 10 nitrogen and oxygen atoms in total. The van der Waals surface area contributed by atoms with Crippen LogP contribution >= 0.6 is 0 Å². The molecule has 1 aliphatic rings. The predicted octanol–water partition coefficient (Wildman–Crippen LogP) is 5.21. The summed E-state index contributed by atoms with van der Waals surface area (Å²) in [6, 6.07) is 6.96. The average molecular weight is 549 g/mol. The Morgan fingerprint density at radius 1 is 1.00 bits per heavy atom. The Morgan fingerprint density at radius 3 is 2.45 bits per heavy atom. The number of nitrogens with one attached hydrogen (secondary N) is 1. The largest absolute Gasteiger partial charge is 0.480 e. The minimum atomic E-state index is -4.51. The Morgan fingerprint density at radius 2 is 1.80 bits per heavy atom. The van der Waals surface area contributed by atoms with Crippen molar-refractivity contribution in [3.05, 3.63) is 72.3 Å². The molecule has 4 aromatic heterocycles. The van der Waals surface area contributed by atoms with Crippen LogP contribution in [-0.2, 0) is 19.8 Å². The molecule has 5 aromatic rings. The van der Waals surface area contributed by atoms with Crippen molar-refractivity contribution in [1.82, 2.24) is 39.7 Å². The van der Waals surface area contributed by atoms with E-state index in [4.69, 9.17) is 14.5 Å². The number of aryl methyl sites for hydroxylation is 1. The molecule has 0 bridgehead atoms. The summed E-state index contributed by atoms with van der Waals surface area (Å²) in [4.78, 5) is 21.8. The maximum atomic E-state index is 13.1.